The lowest BCUT2D eigenvalue weighted by Crippen LogP contribution is -2.40. The zero-order chi connectivity index (χ0) is 21.5. The summed E-state index contributed by atoms with van der Waals surface area (Å²) in [5, 5.41) is -0.385. The summed E-state index contributed by atoms with van der Waals surface area (Å²) < 4.78 is 24.9. The van der Waals surface area contributed by atoms with Gasteiger partial charge in [-0.2, -0.15) is 4.57 Å². The second kappa shape index (κ2) is 7.67. The molecule has 0 spiro atoms. The Bertz CT molecular complexity index is 1320. The smallest absolute Gasteiger partial charge is 0.324 e. The third kappa shape index (κ3) is 3.94. The molecule has 10 heteroatoms. The molecule has 4 aromatic rings. The maximum atomic E-state index is 11.7. The topological polar surface area (TPSA) is 132 Å². The minimum absolute atomic E-state index is 0.521. The van der Waals surface area contributed by atoms with E-state index in [9.17, 15) is 28.7 Å². The van der Waals surface area contributed by atoms with Gasteiger partial charge in [-0.05, 0) is 23.8 Å². The fourth-order valence-electron chi connectivity index (χ4n) is 3.60. The van der Waals surface area contributed by atoms with Crippen LogP contribution >= 0.6 is 15.2 Å². The van der Waals surface area contributed by atoms with Crippen molar-refractivity contribution in [2.24, 2.45) is 0 Å². The summed E-state index contributed by atoms with van der Waals surface area (Å²) >= 11 is 0. The van der Waals surface area contributed by atoms with Crippen molar-refractivity contribution < 1.29 is 33.3 Å². The predicted octanol–water partition coefficient (Wildman–Crippen LogP) is 3.02. The molecule has 0 fully saturated rings. The Kier molecular flexibility index (Phi) is 5.32. The molecule has 2 heterocycles. The van der Waals surface area contributed by atoms with Gasteiger partial charge in [-0.25, -0.2) is 0 Å². The van der Waals surface area contributed by atoms with Crippen LogP contribution in [0, 0.1) is 0 Å². The number of fused-ring (bicyclic) bond motifs is 2. The lowest BCUT2D eigenvalue weighted by atomic mass is 9.98. The number of benzene rings is 2. The van der Waals surface area contributed by atoms with Crippen LogP contribution in [0.1, 0.15) is 0 Å². The lowest BCUT2D eigenvalue weighted by molar-refractivity contribution is -0.668. The third-order valence-corrected chi connectivity index (χ3v) is 8.69. The second-order valence-electron chi connectivity index (χ2n) is 6.93. The molecule has 0 aliphatic heterocycles. The zero-order valence-electron chi connectivity index (χ0n) is 15.6. The Morgan fingerprint density at radius 2 is 1.40 bits per heavy atom. The van der Waals surface area contributed by atoms with Crippen LogP contribution in [0.2, 0.25) is 0 Å². The van der Waals surface area contributed by atoms with Crippen molar-refractivity contribution in [3.05, 3.63) is 73.1 Å². The van der Waals surface area contributed by atoms with Gasteiger partial charge < -0.3 is 19.6 Å². The molecule has 0 radical (unpaired) electrons. The summed E-state index contributed by atoms with van der Waals surface area (Å²) in [6, 6.07) is 18.6. The number of aromatic nitrogens is 2. The molecule has 154 valence electrons. The Morgan fingerprint density at radius 1 is 0.800 bits per heavy atom. The molecule has 4 N–H and O–H groups in total. The van der Waals surface area contributed by atoms with E-state index in [1.54, 1.807) is 30.6 Å². The molecule has 2 aromatic carbocycles. The van der Waals surface area contributed by atoms with Gasteiger partial charge in [0.15, 0.2) is 12.7 Å². The molecular formula is C20H19N2O6P2+. The molecular weight excluding hydrogens is 426 g/mol. The highest BCUT2D eigenvalue weighted by Gasteiger charge is 2.46. The zero-order valence-corrected chi connectivity index (χ0v) is 17.4. The fourth-order valence-corrected chi connectivity index (χ4v) is 5.94. The van der Waals surface area contributed by atoms with Gasteiger partial charge in [0.1, 0.15) is 0 Å². The fraction of sp³-hybridized carbons (Fsp3) is 0.100. The molecule has 8 nitrogen and oxygen atoms in total. The molecule has 30 heavy (non-hydrogen) atoms. The Morgan fingerprint density at radius 3 is 2.10 bits per heavy atom. The molecule has 0 unspecified atom stereocenters. The predicted molar refractivity (Wildman–Crippen MR) is 113 cm³/mol. The first-order valence-electron chi connectivity index (χ1n) is 9.02. The van der Waals surface area contributed by atoms with Crippen molar-refractivity contribution in [2.75, 3.05) is 0 Å². The molecule has 0 amide bonds. The molecule has 0 saturated heterocycles. The van der Waals surface area contributed by atoms with Gasteiger partial charge in [-0.3, -0.25) is 14.1 Å². The SMILES string of the molecule is O=P(O)(O)C(C[n+]1ccc(-c2ccnc3ccccc23)c2ccccc21)P(=O)(O)O. The average Bonchev–Trinajstić information content (AvgIpc) is 2.70. The number of pyridine rings is 2. The molecule has 0 aliphatic carbocycles. The van der Waals surface area contributed by atoms with E-state index >= 15 is 0 Å². The van der Waals surface area contributed by atoms with E-state index in [0.29, 0.717) is 5.52 Å². The number of nitrogens with zero attached hydrogens (tertiary/aromatic N) is 2. The number of hydrogen-bond acceptors (Lipinski definition) is 3. The van der Waals surface area contributed by atoms with E-state index in [-0.39, 0.29) is 0 Å². The maximum Gasteiger partial charge on any atom is 0.347 e. The van der Waals surface area contributed by atoms with E-state index in [0.717, 1.165) is 27.4 Å². The highest BCUT2D eigenvalue weighted by molar-refractivity contribution is 7.70. The van der Waals surface area contributed by atoms with E-state index < -0.39 is 27.1 Å². The van der Waals surface area contributed by atoms with Crippen molar-refractivity contribution in [3.8, 4) is 11.1 Å². The van der Waals surface area contributed by atoms with E-state index in [4.69, 9.17) is 0 Å². The first kappa shape index (κ1) is 20.8. The quantitative estimate of drug-likeness (QED) is 0.274. The summed E-state index contributed by atoms with van der Waals surface area (Å²) in [5.41, 5.74) is 3.25. The number of para-hydroxylation sites is 2. The summed E-state index contributed by atoms with van der Waals surface area (Å²) in [4.78, 5) is 42.4. The van der Waals surface area contributed by atoms with Crippen molar-refractivity contribution in [1.29, 1.82) is 0 Å². The summed E-state index contributed by atoms with van der Waals surface area (Å²) in [6.45, 7) is -0.521. The third-order valence-electron chi connectivity index (χ3n) is 5.00. The van der Waals surface area contributed by atoms with Gasteiger partial charge in [0.2, 0.25) is 10.9 Å². The van der Waals surface area contributed by atoms with Gasteiger partial charge in [0, 0.05) is 29.3 Å². The largest absolute Gasteiger partial charge is 0.347 e. The number of hydrogen-bond donors (Lipinski definition) is 4. The molecule has 0 atom stereocenters. The summed E-state index contributed by atoms with van der Waals surface area (Å²) in [7, 11) is -10.1. The van der Waals surface area contributed by atoms with Gasteiger partial charge in [0.25, 0.3) is 0 Å². The maximum absolute atomic E-state index is 11.7. The second-order valence-corrected chi connectivity index (χ2v) is 10.9. The van der Waals surface area contributed by atoms with Crippen LogP contribution in [-0.4, -0.2) is 30.0 Å². The number of rotatable bonds is 5. The Hall–Kier alpha value is -2.44. The van der Waals surface area contributed by atoms with Crippen LogP contribution in [0.5, 0.6) is 0 Å². The highest BCUT2D eigenvalue weighted by atomic mass is 31.2. The minimum atomic E-state index is -5.04. The normalized spacial score (nSPS) is 12.7. The van der Waals surface area contributed by atoms with Gasteiger partial charge in [-0.15, -0.1) is 0 Å². The van der Waals surface area contributed by atoms with Crippen LogP contribution in [-0.2, 0) is 15.7 Å². The van der Waals surface area contributed by atoms with E-state index in [2.05, 4.69) is 4.98 Å². The Labute approximate surface area is 171 Å². The van der Waals surface area contributed by atoms with Gasteiger partial charge >= 0.3 is 15.2 Å². The van der Waals surface area contributed by atoms with Crippen LogP contribution in [0.4, 0.5) is 0 Å². The van der Waals surface area contributed by atoms with Gasteiger partial charge in [0.05, 0.1) is 10.9 Å². The average molecular weight is 445 g/mol. The first-order chi connectivity index (χ1) is 14.2. The van der Waals surface area contributed by atoms with Crippen LogP contribution < -0.4 is 4.57 Å². The molecule has 2 aromatic heterocycles. The van der Waals surface area contributed by atoms with Crippen LogP contribution in [0.3, 0.4) is 0 Å². The first-order valence-corrected chi connectivity index (χ1v) is 12.4. The lowest BCUT2D eigenvalue weighted by Gasteiger charge is -2.17. The van der Waals surface area contributed by atoms with Crippen LogP contribution in [0.25, 0.3) is 32.9 Å². The molecule has 0 aliphatic rings. The highest BCUT2D eigenvalue weighted by Crippen LogP contribution is 2.60. The molecule has 4 rings (SSSR count). The van der Waals surface area contributed by atoms with Crippen molar-refractivity contribution in [2.45, 2.75) is 11.9 Å². The van der Waals surface area contributed by atoms with Crippen molar-refractivity contribution in [3.63, 3.8) is 0 Å². The van der Waals surface area contributed by atoms with E-state index in [1.807, 2.05) is 42.5 Å². The minimum Gasteiger partial charge on any atom is -0.324 e. The van der Waals surface area contributed by atoms with Crippen molar-refractivity contribution >= 4 is 37.0 Å². The van der Waals surface area contributed by atoms with Gasteiger partial charge in [-0.1, -0.05) is 30.3 Å². The standard InChI is InChI=1S/C20H18N2O6P2/c23-29(24,25)20(30(26,27)28)13-22-12-10-15(17-6-2-4-8-19(17)22)14-9-11-21-18-7-3-1-5-16(14)18/h1-12,20H,13H2,(H3-,23,24,25,26,27,28)/p+1. The summed E-state index contributed by atoms with van der Waals surface area (Å²) in [6.07, 6.45) is 3.30. The van der Waals surface area contributed by atoms with Crippen LogP contribution in [0.15, 0.2) is 73.1 Å². The molecule has 0 saturated carbocycles. The van der Waals surface area contributed by atoms with E-state index in [1.165, 1.54) is 4.57 Å². The Balaban J connectivity index is 1.91. The summed E-state index contributed by atoms with van der Waals surface area (Å²) in [5.74, 6) is 0. The monoisotopic (exact) mass is 445 g/mol. The van der Waals surface area contributed by atoms with Crippen molar-refractivity contribution in [1.82, 2.24) is 4.98 Å². The molecule has 0 bridgehead atoms.